The standard InChI is InChI=1S/C25H22N4O2.C15H14IN3O2.C11H12IN3O/c1-13-6-7-20-18(5-4-8-26-20)22(13)19-9-16(23-14(2)29-31-15(23)3)10-21-24(19)28-25(27-21)17-11-30-12-17;1-7-13(8(2)21-19-7)9-3-11(16)14-12(4-9)17-15(18-14)10-5-20-6-10;1-5-10(6(2)16-15-5)7-3-8(12)11(14)9(13)4-7/h4-10,17H,11-12H2,1-3H3,(H,27,28);3-4,10H,5-6H2,1-2H3,(H,17,18);3-4H,13-14H2,1-2H3. The van der Waals surface area contributed by atoms with Gasteiger partial charge in [-0.05, 0) is 170 Å². The number of nitrogen functional groups attached to an aromatic ring is 2. The van der Waals surface area contributed by atoms with Crippen LogP contribution in [0.2, 0.25) is 0 Å². The number of fused-ring (bicyclic) bond motifs is 3. The van der Waals surface area contributed by atoms with E-state index in [0.717, 1.165) is 144 Å². The average molecular weight is 1130 g/mol. The van der Waals surface area contributed by atoms with Crippen LogP contribution in [-0.4, -0.2) is 66.8 Å². The Bertz CT molecular complexity index is 3460. The van der Waals surface area contributed by atoms with E-state index >= 15 is 0 Å². The van der Waals surface area contributed by atoms with Gasteiger partial charge in [0.1, 0.15) is 34.4 Å². The van der Waals surface area contributed by atoms with Gasteiger partial charge in [0.25, 0.3) is 0 Å². The number of ether oxygens (including phenoxy) is 2. The van der Waals surface area contributed by atoms with Crippen molar-refractivity contribution in [1.82, 2.24) is 40.4 Å². The van der Waals surface area contributed by atoms with Crippen molar-refractivity contribution in [1.29, 1.82) is 0 Å². The van der Waals surface area contributed by atoms with Gasteiger partial charge in [-0.3, -0.25) is 4.98 Å². The van der Waals surface area contributed by atoms with Crippen molar-refractivity contribution in [3.8, 4) is 44.5 Å². The van der Waals surface area contributed by atoms with Crippen LogP contribution in [-0.2, 0) is 9.47 Å². The summed E-state index contributed by atoms with van der Waals surface area (Å²) in [5.41, 5.74) is 30.2. The Labute approximate surface area is 418 Å². The predicted octanol–water partition coefficient (Wildman–Crippen LogP) is 11.8. The molecule has 17 heteroatoms. The summed E-state index contributed by atoms with van der Waals surface area (Å²) in [6.07, 6.45) is 1.83. The van der Waals surface area contributed by atoms with Crippen LogP contribution in [0.3, 0.4) is 0 Å². The van der Waals surface area contributed by atoms with Gasteiger partial charge in [0, 0.05) is 41.0 Å². The first kappa shape index (κ1) is 45.6. The summed E-state index contributed by atoms with van der Waals surface area (Å²) in [5, 5.41) is 13.3. The molecule has 0 spiro atoms. The van der Waals surface area contributed by atoms with Crippen molar-refractivity contribution in [2.24, 2.45) is 0 Å². The maximum absolute atomic E-state index is 5.85. The van der Waals surface area contributed by atoms with E-state index in [1.165, 1.54) is 5.56 Å². The molecule has 0 atom stereocenters. The fourth-order valence-corrected chi connectivity index (χ4v) is 10.4. The van der Waals surface area contributed by atoms with Crippen LogP contribution >= 0.6 is 45.2 Å². The molecule has 0 amide bonds. The quantitative estimate of drug-likeness (QED) is 0.0901. The zero-order chi connectivity index (χ0) is 47.5. The van der Waals surface area contributed by atoms with Crippen LogP contribution in [0.1, 0.15) is 63.4 Å². The van der Waals surface area contributed by atoms with Gasteiger partial charge in [-0.25, -0.2) is 9.97 Å². The van der Waals surface area contributed by atoms with Crippen molar-refractivity contribution in [2.45, 2.75) is 60.3 Å². The van der Waals surface area contributed by atoms with E-state index in [0.29, 0.717) is 36.4 Å². The molecule has 8 heterocycles. The largest absolute Gasteiger partial charge is 0.397 e. The number of nitrogens with two attached hydrogens (primary N) is 2. The Hall–Kier alpha value is -6.16. The van der Waals surface area contributed by atoms with Gasteiger partial charge < -0.3 is 44.5 Å². The molecular weight excluding hydrogens is 1090 g/mol. The molecule has 68 heavy (non-hydrogen) atoms. The van der Waals surface area contributed by atoms with Crippen molar-refractivity contribution in [3.63, 3.8) is 0 Å². The number of imidazole rings is 2. The molecule has 6 aromatic heterocycles. The van der Waals surface area contributed by atoms with Crippen LogP contribution in [0.15, 0.2) is 80.4 Å². The molecule has 2 fully saturated rings. The number of anilines is 2. The maximum Gasteiger partial charge on any atom is 0.141 e. The summed E-state index contributed by atoms with van der Waals surface area (Å²) >= 11 is 4.50. The molecule has 2 saturated heterocycles. The molecule has 0 radical (unpaired) electrons. The zero-order valence-corrected chi connectivity index (χ0v) is 42.8. The number of hydrogen-bond donors (Lipinski definition) is 4. The minimum atomic E-state index is 0.318. The predicted molar refractivity (Wildman–Crippen MR) is 280 cm³/mol. The van der Waals surface area contributed by atoms with Crippen LogP contribution in [0.4, 0.5) is 11.4 Å². The van der Waals surface area contributed by atoms with Gasteiger partial charge in [-0.2, -0.15) is 0 Å². The highest BCUT2D eigenvalue weighted by molar-refractivity contribution is 14.1. The summed E-state index contributed by atoms with van der Waals surface area (Å²) in [6, 6.07) is 20.8. The molecule has 0 aliphatic carbocycles. The second-order valence-corrected chi connectivity index (χ2v) is 19.7. The second-order valence-electron chi connectivity index (χ2n) is 17.4. The van der Waals surface area contributed by atoms with Crippen molar-refractivity contribution >= 4 is 89.5 Å². The van der Waals surface area contributed by atoms with Gasteiger partial charge in [0.15, 0.2) is 0 Å². The molecule has 0 unspecified atom stereocenters. The van der Waals surface area contributed by atoms with E-state index in [-0.39, 0.29) is 0 Å². The molecule has 2 aliphatic heterocycles. The number of benzene rings is 4. The van der Waals surface area contributed by atoms with Crippen LogP contribution in [0.5, 0.6) is 0 Å². The highest BCUT2D eigenvalue weighted by Gasteiger charge is 2.27. The molecule has 12 rings (SSSR count). The fraction of sp³-hybridized carbons (Fsp3) is 0.255. The van der Waals surface area contributed by atoms with E-state index in [2.05, 4.69) is 125 Å². The molecule has 15 nitrogen and oxygen atoms in total. The third-order valence-corrected chi connectivity index (χ3v) is 14.3. The monoisotopic (exact) mass is 1130 g/mol. The normalized spacial score (nSPS) is 13.9. The summed E-state index contributed by atoms with van der Waals surface area (Å²) < 4.78 is 28.6. The van der Waals surface area contributed by atoms with E-state index in [1.54, 1.807) is 0 Å². The number of rotatable bonds is 6. The van der Waals surface area contributed by atoms with Gasteiger partial charge >= 0.3 is 0 Å². The Morgan fingerprint density at radius 2 is 1.07 bits per heavy atom. The first-order valence-corrected chi connectivity index (χ1v) is 24.3. The highest BCUT2D eigenvalue weighted by atomic mass is 127. The minimum absolute atomic E-state index is 0.318. The number of aromatic nitrogens is 8. The molecule has 10 aromatic rings. The maximum atomic E-state index is 5.85. The lowest BCUT2D eigenvalue weighted by Crippen LogP contribution is -2.26. The molecular formula is C51H48I2N10O5. The smallest absolute Gasteiger partial charge is 0.141 e. The van der Waals surface area contributed by atoms with E-state index in [4.69, 9.17) is 44.5 Å². The van der Waals surface area contributed by atoms with Crippen molar-refractivity contribution in [3.05, 3.63) is 126 Å². The van der Waals surface area contributed by atoms with Gasteiger partial charge in [-0.15, -0.1) is 0 Å². The van der Waals surface area contributed by atoms with Crippen LogP contribution in [0, 0.1) is 55.6 Å². The van der Waals surface area contributed by atoms with Gasteiger partial charge in [0.05, 0.1) is 88.8 Å². The van der Waals surface area contributed by atoms with Crippen molar-refractivity contribution < 1.29 is 23.0 Å². The summed E-state index contributed by atoms with van der Waals surface area (Å²) in [4.78, 5) is 21.3. The van der Waals surface area contributed by atoms with Crippen molar-refractivity contribution in [2.75, 3.05) is 37.9 Å². The Morgan fingerprint density at radius 3 is 1.57 bits per heavy atom. The van der Waals surface area contributed by atoms with E-state index in [9.17, 15) is 0 Å². The number of nitrogens with zero attached hydrogens (tertiary/aromatic N) is 6. The summed E-state index contributed by atoms with van der Waals surface area (Å²) in [5.74, 6) is 5.16. The van der Waals surface area contributed by atoms with Crippen LogP contribution < -0.4 is 11.5 Å². The molecule has 2 aliphatic rings. The Morgan fingerprint density at radius 1 is 0.574 bits per heavy atom. The number of pyridine rings is 1. The van der Waals surface area contributed by atoms with Gasteiger partial charge in [-0.1, -0.05) is 27.6 Å². The summed E-state index contributed by atoms with van der Waals surface area (Å²) in [6.45, 7) is 16.7. The fourth-order valence-electron chi connectivity index (χ4n) is 8.97. The SMILES string of the molecule is Cc1ccc2ncccc2c1-c1cc(-c2c(C)noc2C)cc2[nH]c(C3COC3)nc12.Cc1noc(C)c1-c1cc(I)c2nc(C3COC3)[nH]c2c1.Cc1noc(C)c1-c1cc(N)c(N)c(I)c1. The van der Waals surface area contributed by atoms with Crippen LogP contribution in [0.25, 0.3) is 77.5 Å². The number of aromatic amines is 2. The molecule has 346 valence electrons. The number of nitrogens with one attached hydrogen (secondary N) is 2. The lowest BCUT2D eigenvalue weighted by molar-refractivity contribution is 0.00524. The molecule has 6 N–H and O–H groups in total. The van der Waals surface area contributed by atoms with E-state index < -0.39 is 0 Å². The minimum Gasteiger partial charge on any atom is -0.397 e. The van der Waals surface area contributed by atoms with Gasteiger partial charge in [0.2, 0.25) is 0 Å². The third-order valence-electron chi connectivity index (χ3n) is 12.6. The topological polar surface area (TPSA) is 219 Å². The lowest BCUT2D eigenvalue weighted by Gasteiger charge is -2.23. The molecule has 4 aromatic carbocycles. The first-order valence-electron chi connectivity index (χ1n) is 22.1. The third kappa shape index (κ3) is 8.42. The second kappa shape index (κ2) is 18.4. The molecule has 0 saturated carbocycles. The number of H-pyrrole nitrogens is 2. The summed E-state index contributed by atoms with van der Waals surface area (Å²) in [7, 11) is 0. The Kier molecular flexibility index (Phi) is 12.3. The number of aryl methyl sites for hydroxylation is 7. The number of halogens is 2. The Balaban J connectivity index is 0.000000127. The lowest BCUT2D eigenvalue weighted by atomic mass is 9.92. The first-order chi connectivity index (χ1) is 32.7. The molecule has 0 bridgehead atoms. The number of hydrogen-bond acceptors (Lipinski definition) is 13. The average Bonchev–Trinajstić information content (AvgIpc) is 4.10. The highest BCUT2D eigenvalue weighted by Crippen LogP contribution is 2.41. The zero-order valence-electron chi connectivity index (χ0n) is 38.5. The van der Waals surface area contributed by atoms with E-state index in [1.807, 2.05) is 65.9 Å².